The van der Waals surface area contributed by atoms with Crippen molar-refractivity contribution >= 4 is 11.7 Å². The lowest BCUT2D eigenvalue weighted by molar-refractivity contribution is -0.138. The van der Waals surface area contributed by atoms with Crippen molar-refractivity contribution in [3.05, 3.63) is 42.1 Å². The van der Waals surface area contributed by atoms with Gasteiger partial charge in [0.15, 0.2) is 0 Å². The molecule has 4 heteroatoms. The Balaban J connectivity index is 1.99. The monoisotopic (exact) mass is 218 g/mol. The molecule has 0 amide bonds. The van der Waals surface area contributed by atoms with Gasteiger partial charge in [-0.05, 0) is 25.1 Å². The average Bonchev–Trinajstić information content (AvgIpc) is 2.80. The van der Waals surface area contributed by atoms with Crippen molar-refractivity contribution in [1.82, 2.24) is 5.43 Å². The van der Waals surface area contributed by atoms with Crippen molar-refractivity contribution in [2.24, 2.45) is 0 Å². The largest absolute Gasteiger partial charge is 0.461 e. The molecule has 1 heterocycles. The van der Waals surface area contributed by atoms with Crippen molar-refractivity contribution in [3.63, 3.8) is 0 Å². The molecular formula is C12H14N2O2. The molecule has 1 aromatic carbocycles. The second-order valence-electron chi connectivity index (χ2n) is 3.40. The summed E-state index contributed by atoms with van der Waals surface area (Å²) in [5, 5.41) is 1.90. The number of benzene rings is 1. The highest BCUT2D eigenvalue weighted by Gasteiger charge is 2.19. The molecule has 2 rings (SSSR count). The summed E-state index contributed by atoms with van der Waals surface area (Å²) in [6.07, 6.45) is 1.82. The molecule has 4 nitrogen and oxygen atoms in total. The van der Waals surface area contributed by atoms with Crippen LogP contribution in [0.15, 0.2) is 42.1 Å². The van der Waals surface area contributed by atoms with E-state index >= 15 is 0 Å². The lowest BCUT2D eigenvalue weighted by Crippen LogP contribution is -2.34. The van der Waals surface area contributed by atoms with E-state index in [1.807, 2.05) is 41.4 Å². The fraction of sp³-hybridized carbons (Fsp3) is 0.250. The van der Waals surface area contributed by atoms with Crippen LogP contribution >= 0.6 is 0 Å². The molecule has 0 unspecified atom stereocenters. The van der Waals surface area contributed by atoms with Gasteiger partial charge in [0.05, 0.1) is 18.8 Å². The number of hydrazine groups is 1. The number of carbonyl (C=O) groups excluding carboxylic acids is 1. The fourth-order valence-corrected chi connectivity index (χ4v) is 1.53. The van der Waals surface area contributed by atoms with Gasteiger partial charge in [0.2, 0.25) is 0 Å². The summed E-state index contributed by atoms with van der Waals surface area (Å²) in [5.41, 5.74) is 4.54. The number of esters is 1. The van der Waals surface area contributed by atoms with Crippen LogP contribution in [0.3, 0.4) is 0 Å². The van der Waals surface area contributed by atoms with E-state index in [0.29, 0.717) is 18.8 Å². The van der Waals surface area contributed by atoms with Crippen LogP contribution in [0, 0.1) is 0 Å². The van der Waals surface area contributed by atoms with Crippen LogP contribution in [-0.2, 0) is 9.53 Å². The fourth-order valence-electron chi connectivity index (χ4n) is 1.53. The Morgan fingerprint density at radius 3 is 2.88 bits per heavy atom. The minimum atomic E-state index is -0.305. The summed E-state index contributed by atoms with van der Waals surface area (Å²) in [6, 6.07) is 9.84. The van der Waals surface area contributed by atoms with Gasteiger partial charge in [0.25, 0.3) is 0 Å². The molecule has 0 saturated carbocycles. The molecule has 0 aliphatic carbocycles. The zero-order valence-corrected chi connectivity index (χ0v) is 9.14. The zero-order chi connectivity index (χ0) is 11.4. The van der Waals surface area contributed by atoms with Crippen molar-refractivity contribution < 1.29 is 9.53 Å². The zero-order valence-electron chi connectivity index (χ0n) is 9.14. The predicted molar refractivity (Wildman–Crippen MR) is 61.6 cm³/mol. The van der Waals surface area contributed by atoms with Crippen molar-refractivity contribution in [2.45, 2.75) is 6.92 Å². The Morgan fingerprint density at radius 1 is 1.44 bits per heavy atom. The Bertz CT molecular complexity index is 401. The first-order chi connectivity index (χ1) is 7.81. The van der Waals surface area contributed by atoms with E-state index in [2.05, 4.69) is 5.43 Å². The number of nitrogens with zero attached hydrogens (tertiary/aromatic N) is 1. The predicted octanol–water partition coefficient (Wildman–Crippen LogP) is 1.46. The van der Waals surface area contributed by atoms with Crippen LogP contribution in [-0.4, -0.2) is 19.1 Å². The normalized spacial score (nSPS) is 14.3. The summed E-state index contributed by atoms with van der Waals surface area (Å²) < 4.78 is 4.91. The number of anilines is 1. The van der Waals surface area contributed by atoms with Gasteiger partial charge in [-0.1, -0.05) is 18.2 Å². The molecule has 0 fully saturated rings. The van der Waals surface area contributed by atoms with Crippen LogP contribution < -0.4 is 10.4 Å². The molecule has 16 heavy (non-hydrogen) atoms. The number of ether oxygens (including phenoxy) is 1. The van der Waals surface area contributed by atoms with Crippen LogP contribution in [0.4, 0.5) is 5.69 Å². The lowest BCUT2D eigenvalue weighted by atomic mass is 10.3. The van der Waals surface area contributed by atoms with Crippen LogP contribution in [0.2, 0.25) is 0 Å². The summed E-state index contributed by atoms with van der Waals surface area (Å²) in [5.74, 6) is -0.305. The molecule has 0 atom stereocenters. The van der Waals surface area contributed by atoms with Gasteiger partial charge >= 0.3 is 5.97 Å². The first kappa shape index (κ1) is 10.5. The summed E-state index contributed by atoms with van der Waals surface area (Å²) in [6.45, 7) is 2.85. The van der Waals surface area contributed by atoms with Gasteiger partial charge in [0, 0.05) is 0 Å². The first-order valence-electron chi connectivity index (χ1n) is 5.28. The Morgan fingerprint density at radius 2 is 2.19 bits per heavy atom. The van der Waals surface area contributed by atoms with Crippen molar-refractivity contribution in [2.75, 3.05) is 18.2 Å². The Kier molecular flexibility index (Phi) is 3.10. The van der Waals surface area contributed by atoms with Crippen molar-refractivity contribution in [3.8, 4) is 0 Å². The van der Waals surface area contributed by atoms with Crippen LogP contribution in [0.5, 0.6) is 0 Å². The maximum absolute atomic E-state index is 11.4. The van der Waals surface area contributed by atoms with Crippen LogP contribution in [0.25, 0.3) is 0 Å². The number of nitrogens with one attached hydrogen (secondary N) is 1. The molecule has 1 N–H and O–H groups in total. The average molecular weight is 218 g/mol. The minimum absolute atomic E-state index is 0.305. The summed E-state index contributed by atoms with van der Waals surface area (Å²) >= 11 is 0. The standard InChI is InChI=1S/C12H14N2O2/c1-2-16-12(15)11-8-9-14(13-11)10-6-4-3-5-7-10/h3-8,13H,2,9H2,1H3. The van der Waals surface area contributed by atoms with E-state index in [1.54, 1.807) is 6.92 Å². The minimum Gasteiger partial charge on any atom is -0.461 e. The number of para-hydroxylation sites is 1. The van der Waals surface area contributed by atoms with E-state index in [4.69, 9.17) is 4.74 Å². The van der Waals surface area contributed by atoms with Gasteiger partial charge in [0.1, 0.15) is 5.70 Å². The van der Waals surface area contributed by atoms with Gasteiger partial charge < -0.3 is 4.74 Å². The van der Waals surface area contributed by atoms with Gasteiger partial charge in [-0.15, -0.1) is 0 Å². The third-order valence-corrected chi connectivity index (χ3v) is 2.30. The Hall–Kier alpha value is -1.97. The second-order valence-corrected chi connectivity index (χ2v) is 3.40. The highest BCUT2D eigenvalue weighted by Crippen LogP contribution is 2.15. The smallest absolute Gasteiger partial charge is 0.355 e. The van der Waals surface area contributed by atoms with E-state index < -0.39 is 0 Å². The topological polar surface area (TPSA) is 41.6 Å². The first-order valence-corrected chi connectivity index (χ1v) is 5.28. The maximum atomic E-state index is 11.4. The molecule has 0 spiro atoms. The Labute approximate surface area is 94.5 Å². The number of hydrogen-bond donors (Lipinski definition) is 1. The molecule has 0 aromatic heterocycles. The number of rotatable bonds is 3. The molecule has 0 bridgehead atoms. The molecule has 0 saturated heterocycles. The quantitative estimate of drug-likeness (QED) is 0.780. The molecule has 1 aliphatic rings. The SMILES string of the molecule is CCOC(=O)C1=CCN(c2ccccc2)N1. The van der Waals surface area contributed by atoms with Gasteiger partial charge in [-0.25, -0.2) is 4.79 Å². The number of hydrogen-bond acceptors (Lipinski definition) is 4. The maximum Gasteiger partial charge on any atom is 0.355 e. The molecule has 0 radical (unpaired) electrons. The summed E-state index contributed by atoms with van der Waals surface area (Å²) in [7, 11) is 0. The molecule has 1 aliphatic heterocycles. The highest BCUT2D eigenvalue weighted by atomic mass is 16.5. The summed E-state index contributed by atoms with van der Waals surface area (Å²) in [4.78, 5) is 11.4. The molecular weight excluding hydrogens is 204 g/mol. The van der Waals surface area contributed by atoms with E-state index in [1.165, 1.54) is 0 Å². The van der Waals surface area contributed by atoms with E-state index in [0.717, 1.165) is 5.69 Å². The number of carbonyl (C=O) groups is 1. The van der Waals surface area contributed by atoms with Crippen LogP contribution in [0.1, 0.15) is 6.92 Å². The lowest BCUT2D eigenvalue weighted by Gasteiger charge is -2.19. The van der Waals surface area contributed by atoms with Crippen molar-refractivity contribution in [1.29, 1.82) is 0 Å². The van der Waals surface area contributed by atoms with E-state index in [-0.39, 0.29) is 5.97 Å². The van der Waals surface area contributed by atoms with Gasteiger partial charge in [-0.3, -0.25) is 10.4 Å². The molecule has 84 valence electrons. The third-order valence-electron chi connectivity index (χ3n) is 2.30. The molecule has 1 aromatic rings. The third kappa shape index (κ3) is 2.16. The van der Waals surface area contributed by atoms with E-state index in [9.17, 15) is 4.79 Å². The van der Waals surface area contributed by atoms with Gasteiger partial charge in [-0.2, -0.15) is 0 Å². The highest BCUT2D eigenvalue weighted by molar-refractivity contribution is 5.89. The second kappa shape index (κ2) is 4.70.